The van der Waals surface area contributed by atoms with E-state index in [0.29, 0.717) is 5.84 Å². The number of hydrogen-bond donors (Lipinski definition) is 1. The van der Waals surface area contributed by atoms with Crippen LogP contribution in [0.3, 0.4) is 0 Å². The number of hydrogen-bond acceptors (Lipinski definition) is 2. The van der Waals surface area contributed by atoms with E-state index in [0.717, 1.165) is 28.8 Å². The van der Waals surface area contributed by atoms with Crippen molar-refractivity contribution in [1.29, 1.82) is 0 Å². The molecule has 0 aliphatic heterocycles. The molecule has 10 aromatic rings. The maximum absolute atomic E-state index is 6.72. The van der Waals surface area contributed by atoms with Gasteiger partial charge < -0.3 is 5.73 Å². The van der Waals surface area contributed by atoms with Gasteiger partial charge in [-0.2, -0.15) is 0 Å². The van der Waals surface area contributed by atoms with Crippen LogP contribution in [0.2, 0.25) is 0 Å². The van der Waals surface area contributed by atoms with Crippen molar-refractivity contribution in [2.24, 2.45) is 10.7 Å². The molecule has 2 nitrogen and oxygen atoms in total. The SMILES string of the molecule is NC(=N/C(=C\Cc1cccc2c1sc1ccccc12)c1ccc(-c2c3ccccc3c(-c3ccccc3)c3ccc4ccccc4c23)cc1)c1ccccc1. The van der Waals surface area contributed by atoms with Crippen molar-refractivity contribution >= 4 is 75.4 Å². The second-order valence-electron chi connectivity index (χ2n) is 14.0. The van der Waals surface area contributed by atoms with Crippen LogP contribution < -0.4 is 5.73 Å². The summed E-state index contributed by atoms with van der Waals surface area (Å²) in [7, 11) is 0. The van der Waals surface area contributed by atoms with Crippen molar-refractivity contribution in [3.8, 4) is 22.3 Å². The average molecular weight is 721 g/mol. The molecular weight excluding hydrogens is 685 g/mol. The van der Waals surface area contributed by atoms with Gasteiger partial charge >= 0.3 is 0 Å². The van der Waals surface area contributed by atoms with E-state index in [-0.39, 0.29) is 0 Å². The molecule has 0 bridgehead atoms. The lowest BCUT2D eigenvalue weighted by Gasteiger charge is -2.19. The molecule has 0 saturated carbocycles. The Balaban J connectivity index is 1.15. The number of thiophene rings is 1. The Morgan fingerprint density at radius 2 is 1.09 bits per heavy atom. The topological polar surface area (TPSA) is 38.4 Å². The van der Waals surface area contributed by atoms with Gasteiger partial charge in [0.05, 0.1) is 5.70 Å². The summed E-state index contributed by atoms with van der Waals surface area (Å²) in [6.07, 6.45) is 2.96. The van der Waals surface area contributed by atoms with E-state index < -0.39 is 0 Å². The molecule has 0 radical (unpaired) electrons. The second kappa shape index (κ2) is 13.9. The molecule has 3 heteroatoms. The summed E-state index contributed by atoms with van der Waals surface area (Å²) in [6, 6.07) is 67.2. The van der Waals surface area contributed by atoms with Gasteiger partial charge in [0.25, 0.3) is 0 Å². The molecule has 10 rings (SSSR count). The Labute approximate surface area is 324 Å². The Hall–Kier alpha value is -6.81. The summed E-state index contributed by atoms with van der Waals surface area (Å²) >= 11 is 1.86. The number of allylic oxidation sites excluding steroid dienone is 1. The lowest BCUT2D eigenvalue weighted by Crippen LogP contribution is -2.13. The first kappa shape index (κ1) is 32.8. The number of benzene rings is 9. The lowest BCUT2D eigenvalue weighted by molar-refractivity contribution is 1.29. The summed E-state index contributed by atoms with van der Waals surface area (Å²) in [5.41, 5.74) is 15.7. The van der Waals surface area contributed by atoms with Gasteiger partial charge in [-0.05, 0) is 78.2 Å². The fourth-order valence-corrected chi connectivity index (χ4v) is 9.40. The van der Waals surface area contributed by atoms with Crippen LogP contribution in [0.5, 0.6) is 0 Å². The van der Waals surface area contributed by atoms with Gasteiger partial charge in [-0.3, -0.25) is 0 Å². The van der Waals surface area contributed by atoms with Gasteiger partial charge in [-0.25, -0.2) is 4.99 Å². The van der Waals surface area contributed by atoms with Gasteiger partial charge in [-0.15, -0.1) is 11.3 Å². The van der Waals surface area contributed by atoms with Gasteiger partial charge in [0.15, 0.2) is 0 Å². The van der Waals surface area contributed by atoms with Crippen molar-refractivity contribution in [2.45, 2.75) is 6.42 Å². The number of aliphatic imine (C=N–C) groups is 1. The van der Waals surface area contributed by atoms with Gasteiger partial charge in [0, 0.05) is 25.7 Å². The summed E-state index contributed by atoms with van der Waals surface area (Å²) in [6.45, 7) is 0. The van der Waals surface area contributed by atoms with Crippen molar-refractivity contribution < 1.29 is 0 Å². The van der Waals surface area contributed by atoms with Crippen molar-refractivity contribution in [2.75, 3.05) is 0 Å². The van der Waals surface area contributed by atoms with Crippen LogP contribution in [0.15, 0.2) is 199 Å². The molecule has 260 valence electrons. The van der Waals surface area contributed by atoms with Crippen LogP contribution in [0.1, 0.15) is 16.7 Å². The monoisotopic (exact) mass is 720 g/mol. The fourth-order valence-electron chi connectivity index (χ4n) is 8.18. The molecule has 2 N–H and O–H groups in total. The minimum atomic E-state index is 0.496. The normalized spacial score (nSPS) is 12.4. The molecule has 1 aromatic heterocycles. The van der Waals surface area contributed by atoms with Crippen LogP contribution in [-0.2, 0) is 6.42 Å². The predicted octanol–water partition coefficient (Wildman–Crippen LogP) is 13.8. The quantitative estimate of drug-likeness (QED) is 0.0757. The molecule has 0 amide bonds. The Kier molecular flexibility index (Phi) is 8.28. The Morgan fingerprint density at radius 1 is 0.473 bits per heavy atom. The van der Waals surface area contributed by atoms with E-state index >= 15 is 0 Å². The lowest BCUT2D eigenvalue weighted by atomic mass is 9.84. The zero-order chi connectivity index (χ0) is 36.7. The zero-order valence-corrected chi connectivity index (χ0v) is 30.9. The van der Waals surface area contributed by atoms with E-state index in [1.165, 1.54) is 74.7 Å². The maximum Gasteiger partial charge on any atom is 0.131 e. The summed E-state index contributed by atoms with van der Waals surface area (Å²) in [4.78, 5) is 5.10. The first-order valence-electron chi connectivity index (χ1n) is 18.7. The highest BCUT2D eigenvalue weighted by Gasteiger charge is 2.19. The number of nitrogens with zero attached hydrogens (tertiary/aromatic N) is 1. The van der Waals surface area contributed by atoms with E-state index in [1.807, 2.05) is 41.7 Å². The van der Waals surface area contributed by atoms with Crippen LogP contribution in [-0.4, -0.2) is 5.84 Å². The smallest absolute Gasteiger partial charge is 0.131 e. The van der Waals surface area contributed by atoms with Gasteiger partial charge in [-0.1, -0.05) is 188 Å². The van der Waals surface area contributed by atoms with E-state index in [1.54, 1.807) is 0 Å². The largest absolute Gasteiger partial charge is 0.383 e. The zero-order valence-electron chi connectivity index (χ0n) is 30.1. The first-order valence-corrected chi connectivity index (χ1v) is 19.5. The average Bonchev–Trinajstić information content (AvgIpc) is 3.64. The number of amidine groups is 1. The first-order chi connectivity index (χ1) is 27.2. The Morgan fingerprint density at radius 3 is 1.87 bits per heavy atom. The Bertz CT molecular complexity index is 3100. The van der Waals surface area contributed by atoms with Gasteiger partial charge in [0.2, 0.25) is 0 Å². The molecule has 0 fully saturated rings. The minimum Gasteiger partial charge on any atom is -0.383 e. The molecule has 0 aliphatic rings. The third kappa shape index (κ3) is 5.86. The highest BCUT2D eigenvalue weighted by Crippen LogP contribution is 2.46. The fraction of sp³-hybridized carbons (Fsp3) is 0.0192. The summed E-state index contributed by atoms with van der Waals surface area (Å²) < 4.78 is 2.63. The molecule has 0 aliphatic carbocycles. The third-order valence-corrected chi connectivity index (χ3v) is 12.0. The van der Waals surface area contributed by atoms with Crippen molar-refractivity contribution in [1.82, 2.24) is 0 Å². The van der Waals surface area contributed by atoms with E-state index in [9.17, 15) is 0 Å². The van der Waals surface area contributed by atoms with Crippen LogP contribution in [0.4, 0.5) is 0 Å². The van der Waals surface area contributed by atoms with E-state index in [4.69, 9.17) is 10.7 Å². The molecule has 9 aromatic carbocycles. The molecule has 55 heavy (non-hydrogen) atoms. The van der Waals surface area contributed by atoms with Crippen LogP contribution >= 0.6 is 11.3 Å². The number of rotatable bonds is 7. The van der Waals surface area contributed by atoms with Crippen LogP contribution in [0.25, 0.3) is 80.4 Å². The maximum atomic E-state index is 6.72. The molecule has 0 unspecified atom stereocenters. The second-order valence-corrected chi connectivity index (χ2v) is 15.0. The number of nitrogens with two attached hydrogens (primary N) is 1. The number of fused-ring (bicyclic) bond motifs is 7. The molecule has 0 spiro atoms. The third-order valence-electron chi connectivity index (χ3n) is 10.8. The molecule has 1 heterocycles. The predicted molar refractivity (Wildman–Crippen MR) is 238 cm³/mol. The molecular formula is C52H36N2S. The van der Waals surface area contributed by atoms with Crippen molar-refractivity contribution in [3.63, 3.8) is 0 Å². The highest BCUT2D eigenvalue weighted by molar-refractivity contribution is 7.26. The summed E-state index contributed by atoms with van der Waals surface area (Å²) in [5, 5.41) is 10.1. The molecule has 0 saturated heterocycles. The van der Waals surface area contributed by atoms with Crippen molar-refractivity contribution in [3.05, 3.63) is 211 Å². The summed E-state index contributed by atoms with van der Waals surface area (Å²) in [5.74, 6) is 0.496. The van der Waals surface area contributed by atoms with E-state index in [2.05, 4.69) is 164 Å². The van der Waals surface area contributed by atoms with Gasteiger partial charge in [0.1, 0.15) is 5.84 Å². The highest BCUT2D eigenvalue weighted by atomic mass is 32.1. The van der Waals surface area contributed by atoms with Crippen LogP contribution in [0, 0.1) is 0 Å². The molecule has 0 atom stereocenters. The standard InChI is InChI=1S/C52H36N2S/c53-52(39-17-5-2-6-18-39)54-46(33-31-38-19-13-24-44-41-21-11-12-25-47(41)55-51(38)44)35-26-28-37(29-27-35)49-43-23-10-9-22-42(43)48(36-15-3-1-4-16-36)45-32-30-34-14-7-8-20-40(34)50(45)49/h1-30,32-33H,31H2,(H2,53,54)/b46-33-. The minimum absolute atomic E-state index is 0.496.